The molecule has 5 heterocycles. The molecule has 0 fully saturated rings. The fourth-order valence-electron chi connectivity index (χ4n) is 13.3. The van der Waals surface area contributed by atoms with Crippen molar-refractivity contribution in [2.45, 2.75) is 19.6 Å². The first-order valence-electron chi connectivity index (χ1n) is 32.7. The molecule has 0 saturated heterocycles. The van der Waals surface area contributed by atoms with E-state index in [4.69, 9.17) is 5.48 Å². The lowest BCUT2D eigenvalue weighted by molar-refractivity contribution is 0.864. The zero-order valence-corrected chi connectivity index (χ0v) is 46.2. The van der Waals surface area contributed by atoms with E-state index in [1.807, 2.05) is 48.8 Å². The SMILES string of the molecule is [2H]c1c([2H])c([2H])c2c(c1[2H])c1c([2H])c([2H])c([2H])c([2H])c1n2Cc1cc2c3c(c1)N(Cc1c(-c4ccccc4)cccc1-c1ccccc1)c1ccc(-c4cccnc4)cc1B3c1cc(-c3cccnc3)ccc1N2Cc1c(-c2ccccc2)cccc1-c1ccccc1. The molecule has 0 aliphatic carbocycles. The third-order valence-electron chi connectivity index (χ3n) is 17.1. The second-order valence-corrected chi connectivity index (χ2v) is 21.8. The zero-order chi connectivity index (χ0) is 63.2. The number of benzene rings is 11. The summed E-state index contributed by atoms with van der Waals surface area (Å²) < 4.78 is 75.8. The molecular formula is C79H56BN5. The molecule has 0 spiro atoms. The zero-order valence-electron chi connectivity index (χ0n) is 54.2. The van der Waals surface area contributed by atoms with Crippen molar-refractivity contribution in [1.82, 2.24) is 14.5 Å². The summed E-state index contributed by atoms with van der Waals surface area (Å²) in [7, 11) is 0. The maximum Gasteiger partial charge on any atom is 0.252 e. The second kappa shape index (κ2) is 21.2. The maximum atomic E-state index is 9.63. The van der Waals surface area contributed by atoms with Crippen LogP contribution in [0.1, 0.15) is 27.7 Å². The van der Waals surface area contributed by atoms with Crippen LogP contribution in [0.2, 0.25) is 0 Å². The van der Waals surface area contributed by atoms with Gasteiger partial charge in [-0.15, -0.1) is 0 Å². The quantitative estimate of drug-likeness (QED) is 0.114. The molecule has 14 aromatic rings. The van der Waals surface area contributed by atoms with E-state index in [0.29, 0.717) is 13.1 Å². The average Bonchev–Trinajstić information content (AvgIpc) is 1.40. The van der Waals surface area contributed by atoms with Crippen LogP contribution in [0.15, 0.2) is 304 Å². The molecule has 6 heteroatoms. The molecule has 11 aromatic carbocycles. The highest BCUT2D eigenvalue weighted by Crippen LogP contribution is 2.46. The first kappa shape index (κ1) is 42.1. The van der Waals surface area contributed by atoms with Gasteiger partial charge >= 0.3 is 0 Å². The Morgan fingerprint density at radius 1 is 0.341 bits per heavy atom. The van der Waals surface area contributed by atoms with Crippen molar-refractivity contribution in [2.75, 3.05) is 9.80 Å². The number of para-hydroxylation sites is 2. The van der Waals surface area contributed by atoms with Crippen molar-refractivity contribution in [3.05, 3.63) is 320 Å². The molecule has 85 heavy (non-hydrogen) atoms. The number of hydrogen-bond donors (Lipinski definition) is 0. The molecule has 2 aliphatic rings. The largest absolute Gasteiger partial charge is 0.338 e. The molecule has 400 valence electrons. The molecule has 2 aliphatic heterocycles. The fraction of sp³-hybridized carbons (Fsp3) is 0.0380. The summed E-state index contributed by atoms with van der Waals surface area (Å²) in [6.07, 6.45) is 7.43. The minimum Gasteiger partial charge on any atom is -0.338 e. The molecule has 0 bridgehead atoms. The van der Waals surface area contributed by atoms with Crippen LogP contribution in [0.5, 0.6) is 0 Å². The summed E-state index contributed by atoms with van der Waals surface area (Å²) in [6, 6.07) is 78.0. The minimum atomic E-state index is -0.485. The topological polar surface area (TPSA) is 37.2 Å². The molecule has 16 rings (SSSR count). The number of nitrogens with zero attached hydrogens (tertiary/aromatic N) is 5. The van der Waals surface area contributed by atoms with Crippen LogP contribution in [0.25, 0.3) is 88.6 Å². The van der Waals surface area contributed by atoms with E-state index in [1.165, 1.54) is 0 Å². The van der Waals surface area contributed by atoms with Crippen LogP contribution in [-0.2, 0) is 19.6 Å². The molecule has 0 radical (unpaired) electrons. The van der Waals surface area contributed by atoms with Crippen LogP contribution in [-0.4, -0.2) is 21.2 Å². The lowest BCUT2D eigenvalue weighted by Crippen LogP contribution is -2.62. The predicted octanol–water partition coefficient (Wildman–Crippen LogP) is 17.5. The Balaban J connectivity index is 1.04. The van der Waals surface area contributed by atoms with E-state index < -0.39 is 24.2 Å². The van der Waals surface area contributed by atoms with Crippen LogP contribution < -0.4 is 26.2 Å². The lowest BCUT2D eigenvalue weighted by Gasteiger charge is -2.45. The Bertz CT molecular complexity index is 4850. The summed E-state index contributed by atoms with van der Waals surface area (Å²) >= 11 is 0. The molecule has 0 atom stereocenters. The number of rotatable bonds is 12. The summed E-state index contributed by atoms with van der Waals surface area (Å²) in [5, 5.41) is 0.0819. The normalized spacial score (nSPS) is 13.6. The van der Waals surface area contributed by atoms with Crippen LogP contribution in [0, 0.1) is 0 Å². The van der Waals surface area contributed by atoms with Crippen LogP contribution in [0.4, 0.5) is 22.7 Å². The smallest absolute Gasteiger partial charge is 0.252 e. The van der Waals surface area contributed by atoms with Crippen molar-refractivity contribution in [3.8, 4) is 66.8 Å². The minimum absolute atomic E-state index is 0.0395. The molecule has 0 unspecified atom stereocenters. The molecule has 0 saturated carbocycles. The highest BCUT2D eigenvalue weighted by atomic mass is 15.2. The Labute approximate surface area is 507 Å². The standard InChI is InChI=1S/C79H56BN5/c1-5-21-55(22-6-1)63-33-17-34-64(56-23-7-2-8-24-56)69(63)52-84-75-41-39-59(61-29-19-43-81-49-61)47-71(75)80-72-48-60(62-30-20-44-82-50-62)40-42-76(72)85(53-70-65(57-25-9-3-10-26-57)35-18-36-66(70)58-27-11-4-12-28-58)78-46-54(45-77(84)79(78)80)51-83-73-37-15-13-31-67(73)68-32-14-16-38-74(68)83/h1-50H,51-53H2/i13D,14D,15D,16D,31D,32D,37D,38D. The molecule has 5 nitrogen and oxygen atoms in total. The van der Waals surface area contributed by atoms with Gasteiger partial charge in [0.1, 0.15) is 0 Å². The Hall–Kier alpha value is -10.8. The number of aromatic nitrogens is 3. The van der Waals surface area contributed by atoms with Gasteiger partial charge in [0.2, 0.25) is 0 Å². The van der Waals surface area contributed by atoms with Crippen molar-refractivity contribution >= 4 is 67.7 Å². The highest BCUT2D eigenvalue weighted by molar-refractivity contribution is 7.00. The van der Waals surface area contributed by atoms with Gasteiger partial charge in [0, 0.05) is 89.0 Å². The average molecular weight is 1090 g/mol. The van der Waals surface area contributed by atoms with Gasteiger partial charge in [0.25, 0.3) is 6.71 Å². The predicted molar refractivity (Wildman–Crippen MR) is 355 cm³/mol. The van der Waals surface area contributed by atoms with Gasteiger partial charge in [0.05, 0.1) is 11.0 Å². The van der Waals surface area contributed by atoms with Crippen molar-refractivity contribution in [3.63, 3.8) is 0 Å². The van der Waals surface area contributed by atoms with E-state index in [-0.39, 0.29) is 59.2 Å². The Kier molecular flexibility index (Phi) is 10.5. The summed E-state index contributed by atoms with van der Waals surface area (Å²) in [4.78, 5) is 14.2. The number of fused-ring (bicyclic) bond motifs is 7. The van der Waals surface area contributed by atoms with E-state index >= 15 is 0 Å². The first-order chi connectivity index (χ1) is 45.5. The third-order valence-corrected chi connectivity index (χ3v) is 17.1. The third kappa shape index (κ3) is 8.81. The lowest BCUT2D eigenvalue weighted by atomic mass is 9.33. The van der Waals surface area contributed by atoms with E-state index in [0.717, 1.165) is 123 Å². The molecule has 3 aromatic heterocycles. The van der Waals surface area contributed by atoms with E-state index in [2.05, 4.69) is 214 Å². The van der Waals surface area contributed by atoms with Gasteiger partial charge in [-0.3, -0.25) is 9.97 Å². The Morgan fingerprint density at radius 2 is 0.729 bits per heavy atom. The summed E-state index contributed by atoms with van der Waals surface area (Å²) in [5.41, 5.74) is 22.7. The van der Waals surface area contributed by atoms with E-state index in [9.17, 15) is 5.48 Å². The van der Waals surface area contributed by atoms with E-state index in [1.54, 1.807) is 17.0 Å². The molecule has 0 N–H and O–H groups in total. The summed E-state index contributed by atoms with van der Waals surface area (Å²) in [5.74, 6) is 0. The highest BCUT2D eigenvalue weighted by Gasteiger charge is 2.44. The van der Waals surface area contributed by atoms with Gasteiger partial charge in [-0.1, -0.05) is 230 Å². The van der Waals surface area contributed by atoms with Gasteiger partial charge in [-0.2, -0.15) is 0 Å². The van der Waals surface area contributed by atoms with Crippen LogP contribution in [0.3, 0.4) is 0 Å². The molecular weight excluding hydrogens is 1030 g/mol. The monoisotopic (exact) mass is 1090 g/mol. The first-order valence-corrected chi connectivity index (χ1v) is 28.7. The maximum absolute atomic E-state index is 9.63. The van der Waals surface area contributed by atoms with Gasteiger partial charge in [-0.25, -0.2) is 0 Å². The number of anilines is 4. The Morgan fingerprint density at radius 3 is 1.12 bits per heavy atom. The van der Waals surface area contributed by atoms with Crippen molar-refractivity contribution in [1.29, 1.82) is 0 Å². The van der Waals surface area contributed by atoms with Gasteiger partial charge in [0.15, 0.2) is 0 Å². The molecule has 0 amide bonds. The number of hydrogen-bond acceptors (Lipinski definition) is 4. The number of pyridine rings is 2. The van der Waals surface area contributed by atoms with Crippen molar-refractivity contribution in [2.24, 2.45) is 0 Å². The van der Waals surface area contributed by atoms with Gasteiger partial charge < -0.3 is 14.4 Å². The van der Waals surface area contributed by atoms with Crippen LogP contribution >= 0.6 is 0 Å². The van der Waals surface area contributed by atoms with Gasteiger partial charge in [-0.05, 0) is 148 Å². The van der Waals surface area contributed by atoms with Crippen molar-refractivity contribution < 1.29 is 11.0 Å². The second-order valence-electron chi connectivity index (χ2n) is 21.8. The fourth-order valence-corrected chi connectivity index (χ4v) is 13.3. The summed E-state index contributed by atoms with van der Waals surface area (Å²) in [6.45, 7) is 0.372.